The van der Waals surface area contributed by atoms with E-state index >= 15 is 0 Å². The molecule has 1 amide bonds. The molecular formula is C20H18ClN3O. The fourth-order valence-corrected chi connectivity index (χ4v) is 2.48. The molecule has 3 rings (SSSR count). The molecule has 126 valence electrons. The lowest BCUT2D eigenvalue weighted by molar-refractivity contribution is 0.102. The molecule has 1 aromatic heterocycles. The first kappa shape index (κ1) is 17.0. The van der Waals surface area contributed by atoms with Gasteiger partial charge in [0.25, 0.3) is 5.91 Å². The van der Waals surface area contributed by atoms with E-state index in [0.29, 0.717) is 16.3 Å². The van der Waals surface area contributed by atoms with Crippen LogP contribution in [0.5, 0.6) is 0 Å². The first-order valence-corrected chi connectivity index (χ1v) is 8.39. The van der Waals surface area contributed by atoms with Crippen molar-refractivity contribution in [2.75, 3.05) is 17.2 Å². The first-order valence-electron chi connectivity index (χ1n) is 8.01. The molecule has 0 unspecified atom stereocenters. The van der Waals surface area contributed by atoms with Crippen molar-refractivity contribution in [3.63, 3.8) is 0 Å². The van der Waals surface area contributed by atoms with E-state index in [0.717, 1.165) is 18.8 Å². The summed E-state index contributed by atoms with van der Waals surface area (Å²) in [6.45, 7) is 0.799. The van der Waals surface area contributed by atoms with E-state index in [4.69, 9.17) is 11.6 Å². The molecule has 3 aromatic rings. The number of nitrogens with zero attached hydrogens (tertiary/aromatic N) is 1. The van der Waals surface area contributed by atoms with Gasteiger partial charge in [0, 0.05) is 17.1 Å². The van der Waals surface area contributed by atoms with Gasteiger partial charge >= 0.3 is 0 Å². The van der Waals surface area contributed by atoms with E-state index < -0.39 is 0 Å². The lowest BCUT2D eigenvalue weighted by Gasteiger charge is -2.08. The molecule has 0 bridgehead atoms. The largest absolute Gasteiger partial charge is 0.370 e. The van der Waals surface area contributed by atoms with Gasteiger partial charge in [-0.1, -0.05) is 41.9 Å². The number of amides is 1. The molecule has 25 heavy (non-hydrogen) atoms. The summed E-state index contributed by atoms with van der Waals surface area (Å²) in [5.74, 6) is 0.587. The summed E-state index contributed by atoms with van der Waals surface area (Å²) >= 11 is 5.83. The van der Waals surface area contributed by atoms with Crippen molar-refractivity contribution in [1.29, 1.82) is 0 Å². The van der Waals surface area contributed by atoms with E-state index in [-0.39, 0.29) is 5.91 Å². The molecule has 0 saturated carbocycles. The lowest BCUT2D eigenvalue weighted by Crippen LogP contribution is -2.12. The van der Waals surface area contributed by atoms with Gasteiger partial charge < -0.3 is 10.6 Å². The fraction of sp³-hybridized carbons (Fsp3) is 0.100. The van der Waals surface area contributed by atoms with Crippen molar-refractivity contribution in [2.24, 2.45) is 0 Å². The fourth-order valence-electron chi connectivity index (χ4n) is 2.36. The maximum atomic E-state index is 12.1. The van der Waals surface area contributed by atoms with Crippen molar-refractivity contribution in [3.8, 4) is 0 Å². The number of halogens is 1. The third-order valence-electron chi connectivity index (χ3n) is 3.69. The Labute approximate surface area is 151 Å². The molecule has 4 nitrogen and oxygen atoms in total. The highest BCUT2D eigenvalue weighted by Crippen LogP contribution is 2.14. The quantitative estimate of drug-likeness (QED) is 0.680. The SMILES string of the molecule is O=C(Nc1ccc(NCCc2ccccc2)nc1)c1ccc(Cl)cc1. The molecule has 2 N–H and O–H groups in total. The Morgan fingerprint density at radius 2 is 1.72 bits per heavy atom. The Bertz CT molecular complexity index is 818. The zero-order valence-corrected chi connectivity index (χ0v) is 14.3. The van der Waals surface area contributed by atoms with E-state index in [1.54, 1.807) is 30.5 Å². The number of hydrogen-bond acceptors (Lipinski definition) is 3. The zero-order chi connectivity index (χ0) is 17.5. The Kier molecular flexibility index (Phi) is 5.65. The number of rotatable bonds is 6. The van der Waals surface area contributed by atoms with Crippen molar-refractivity contribution in [1.82, 2.24) is 4.98 Å². The molecule has 0 aliphatic heterocycles. The number of pyridine rings is 1. The summed E-state index contributed by atoms with van der Waals surface area (Å²) in [5, 5.41) is 6.69. The number of hydrogen-bond donors (Lipinski definition) is 2. The Balaban J connectivity index is 1.51. The van der Waals surface area contributed by atoms with Crippen molar-refractivity contribution in [2.45, 2.75) is 6.42 Å². The van der Waals surface area contributed by atoms with Gasteiger partial charge in [-0.05, 0) is 48.4 Å². The third kappa shape index (κ3) is 5.06. The topological polar surface area (TPSA) is 54.0 Å². The van der Waals surface area contributed by atoms with Crippen LogP contribution in [0.2, 0.25) is 5.02 Å². The Morgan fingerprint density at radius 3 is 2.40 bits per heavy atom. The van der Waals surface area contributed by atoms with Crippen LogP contribution in [0.15, 0.2) is 72.9 Å². The summed E-state index contributed by atoms with van der Waals surface area (Å²) in [6.07, 6.45) is 2.57. The number of aromatic nitrogens is 1. The highest BCUT2D eigenvalue weighted by atomic mass is 35.5. The van der Waals surface area contributed by atoms with Gasteiger partial charge in [-0.15, -0.1) is 0 Å². The first-order chi connectivity index (χ1) is 12.2. The molecule has 0 fully saturated rings. The van der Waals surface area contributed by atoms with Gasteiger partial charge in [0.05, 0.1) is 11.9 Å². The molecule has 0 atom stereocenters. The number of benzene rings is 2. The Hall–Kier alpha value is -2.85. The number of anilines is 2. The molecule has 0 spiro atoms. The number of nitrogens with one attached hydrogen (secondary N) is 2. The highest BCUT2D eigenvalue weighted by molar-refractivity contribution is 6.30. The maximum absolute atomic E-state index is 12.1. The third-order valence-corrected chi connectivity index (χ3v) is 3.94. The summed E-state index contributed by atoms with van der Waals surface area (Å²) < 4.78 is 0. The summed E-state index contributed by atoms with van der Waals surface area (Å²) in [6, 6.07) is 20.7. The van der Waals surface area contributed by atoms with Crippen LogP contribution in [0.3, 0.4) is 0 Å². The zero-order valence-electron chi connectivity index (χ0n) is 13.6. The molecule has 1 heterocycles. The van der Waals surface area contributed by atoms with Crippen molar-refractivity contribution in [3.05, 3.63) is 89.1 Å². The van der Waals surface area contributed by atoms with Crippen molar-refractivity contribution < 1.29 is 4.79 Å². The van der Waals surface area contributed by atoms with Crippen LogP contribution in [0.1, 0.15) is 15.9 Å². The van der Waals surface area contributed by atoms with Crippen LogP contribution < -0.4 is 10.6 Å². The van der Waals surface area contributed by atoms with Crippen LogP contribution in [0.4, 0.5) is 11.5 Å². The highest BCUT2D eigenvalue weighted by Gasteiger charge is 2.06. The van der Waals surface area contributed by atoms with Crippen LogP contribution in [-0.2, 0) is 6.42 Å². The number of carbonyl (C=O) groups is 1. The minimum atomic E-state index is -0.191. The lowest BCUT2D eigenvalue weighted by atomic mass is 10.1. The molecule has 0 aliphatic rings. The molecule has 0 aliphatic carbocycles. The van der Waals surface area contributed by atoms with E-state index in [1.165, 1.54) is 5.56 Å². The van der Waals surface area contributed by atoms with Gasteiger partial charge in [-0.25, -0.2) is 4.98 Å². The van der Waals surface area contributed by atoms with Gasteiger partial charge in [0.15, 0.2) is 0 Å². The smallest absolute Gasteiger partial charge is 0.255 e. The van der Waals surface area contributed by atoms with Crippen LogP contribution >= 0.6 is 11.6 Å². The molecular weight excluding hydrogens is 334 g/mol. The molecule has 2 aromatic carbocycles. The van der Waals surface area contributed by atoms with E-state index in [1.807, 2.05) is 30.3 Å². The monoisotopic (exact) mass is 351 g/mol. The summed E-state index contributed by atoms with van der Waals surface area (Å²) in [5.41, 5.74) is 2.48. The second kappa shape index (κ2) is 8.31. The second-order valence-electron chi connectivity index (χ2n) is 5.56. The summed E-state index contributed by atoms with van der Waals surface area (Å²) in [7, 11) is 0. The minimum absolute atomic E-state index is 0.191. The van der Waals surface area contributed by atoms with E-state index in [9.17, 15) is 4.79 Å². The van der Waals surface area contributed by atoms with Gasteiger partial charge in [-0.2, -0.15) is 0 Å². The van der Waals surface area contributed by atoms with E-state index in [2.05, 4.69) is 27.8 Å². The predicted molar refractivity (Wildman–Crippen MR) is 102 cm³/mol. The minimum Gasteiger partial charge on any atom is -0.370 e. The molecule has 5 heteroatoms. The average molecular weight is 352 g/mol. The second-order valence-corrected chi connectivity index (χ2v) is 5.99. The Morgan fingerprint density at radius 1 is 0.960 bits per heavy atom. The van der Waals surface area contributed by atoms with Crippen LogP contribution in [0.25, 0.3) is 0 Å². The normalized spacial score (nSPS) is 10.3. The van der Waals surface area contributed by atoms with Gasteiger partial charge in [0.1, 0.15) is 5.82 Å². The van der Waals surface area contributed by atoms with Crippen LogP contribution in [-0.4, -0.2) is 17.4 Å². The van der Waals surface area contributed by atoms with Crippen LogP contribution in [0, 0.1) is 0 Å². The van der Waals surface area contributed by atoms with Gasteiger partial charge in [0.2, 0.25) is 0 Å². The summed E-state index contributed by atoms with van der Waals surface area (Å²) in [4.78, 5) is 16.5. The maximum Gasteiger partial charge on any atom is 0.255 e. The average Bonchev–Trinajstić information content (AvgIpc) is 2.64. The predicted octanol–water partition coefficient (Wildman–Crippen LogP) is 4.64. The van der Waals surface area contributed by atoms with Gasteiger partial charge in [-0.3, -0.25) is 4.79 Å². The number of carbonyl (C=O) groups excluding carboxylic acids is 1. The molecule has 0 saturated heterocycles. The van der Waals surface area contributed by atoms with Crippen molar-refractivity contribution >= 4 is 29.0 Å². The standard InChI is InChI=1S/C20H18ClN3O/c21-17-8-6-16(7-9-17)20(25)24-18-10-11-19(23-14-18)22-13-12-15-4-2-1-3-5-15/h1-11,14H,12-13H2,(H,22,23)(H,24,25). The molecule has 0 radical (unpaired) electrons.